The second kappa shape index (κ2) is 8.16. The molecule has 0 radical (unpaired) electrons. The molecule has 1 saturated heterocycles. The number of nitrogens with zero attached hydrogens (tertiary/aromatic N) is 5. The van der Waals surface area contributed by atoms with E-state index >= 15 is 0 Å². The van der Waals surface area contributed by atoms with Gasteiger partial charge in [-0.2, -0.15) is 9.57 Å². The van der Waals surface area contributed by atoms with Crippen molar-refractivity contribution in [3.05, 3.63) is 69.2 Å². The van der Waals surface area contributed by atoms with Crippen LogP contribution in [0, 0.1) is 21.4 Å². The Bertz CT molecular complexity index is 1040. The Kier molecular flexibility index (Phi) is 5.67. The first-order valence-electron chi connectivity index (χ1n) is 8.44. The highest BCUT2D eigenvalue weighted by atomic mass is 32.2. The first-order chi connectivity index (χ1) is 13.4. The molecule has 0 unspecified atom stereocenters. The van der Waals surface area contributed by atoms with Crippen molar-refractivity contribution in [1.29, 1.82) is 5.26 Å². The minimum absolute atomic E-state index is 0.252. The smallest absolute Gasteiger partial charge is 0.305 e. The van der Waals surface area contributed by atoms with Gasteiger partial charge in [0.25, 0.3) is 0 Å². The molecule has 144 valence electrons. The summed E-state index contributed by atoms with van der Waals surface area (Å²) in [5.74, 6) is 0.416. The zero-order valence-electron chi connectivity index (χ0n) is 14.8. The maximum Gasteiger partial charge on any atom is 0.305 e. The largest absolute Gasteiger partial charge is 0.354 e. The molecule has 0 N–H and O–H groups in total. The number of aromatic nitrogens is 1. The van der Waals surface area contributed by atoms with Gasteiger partial charge in [-0.1, -0.05) is 30.3 Å². The molecule has 0 atom stereocenters. The Morgan fingerprint density at radius 1 is 1.11 bits per heavy atom. The summed E-state index contributed by atoms with van der Waals surface area (Å²) in [6.07, 6.45) is 1.55. The van der Waals surface area contributed by atoms with Crippen molar-refractivity contribution in [2.45, 2.75) is 0 Å². The predicted molar refractivity (Wildman–Crippen MR) is 104 cm³/mol. The summed E-state index contributed by atoms with van der Waals surface area (Å²) < 4.78 is 26.4. The third kappa shape index (κ3) is 4.33. The lowest BCUT2D eigenvalue weighted by Crippen LogP contribution is -2.48. The van der Waals surface area contributed by atoms with E-state index in [1.54, 1.807) is 17.0 Å². The Balaban J connectivity index is 1.68. The molecule has 3 rings (SSSR count). The lowest BCUT2D eigenvalue weighted by Gasteiger charge is -2.34. The molecule has 0 bridgehead atoms. The van der Waals surface area contributed by atoms with Crippen LogP contribution < -0.4 is 4.90 Å². The van der Waals surface area contributed by atoms with Crippen molar-refractivity contribution in [1.82, 2.24) is 9.29 Å². The molecule has 28 heavy (non-hydrogen) atoms. The van der Waals surface area contributed by atoms with Crippen LogP contribution in [0.15, 0.2) is 47.9 Å². The Labute approximate surface area is 162 Å². The molecule has 2 heterocycles. The molecule has 1 aliphatic rings. The van der Waals surface area contributed by atoms with E-state index < -0.39 is 14.9 Å². The second-order valence-corrected chi connectivity index (χ2v) is 7.87. The van der Waals surface area contributed by atoms with Crippen molar-refractivity contribution in [3.63, 3.8) is 0 Å². The third-order valence-electron chi connectivity index (χ3n) is 4.32. The van der Waals surface area contributed by atoms with E-state index in [4.69, 9.17) is 5.26 Å². The van der Waals surface area contributed by atoms with Crippen molar-refractivity contribution in [2.24, 2.45) is 0 Å². The summed E-state index contributed by atoms with van der Waals surface area (Å²) in [4.78, 5) is 16.1. The van der Waals surface area contributed by atoms with E-state index in [-0.39, 0.29) is 24.5 Å². The number of rotatable bonds is 5. The predicted octanol–water partition coefficient (Wildman–Crippen LogP) is 1.98. The zero-order chi connectivity index (χ0) is 20.1. The summed E-state index contributed by atoms with van der Waals surface area (Å²) in [5.41, 5.74) is 0.186. The van der Waals surface area contributed by atoms with Crippen LogP contribution in [0.3, 0.4) is 0 Å². The normalized spacial score (nSPS) is 15.5. The van der Waals surface area contributed by atoms with E-state index in [1.165, 1.54) is 21.8 Å². The average molecular weight is 399 g/mol. The minimum Gasteiger partial charge on any atom is -0.354 e. The minimum atomic E-state index is -3.55. The molecule has 1 fully saturated rings. The van der Waals surface area contributed by atoms with Gasteiger partial charge < -0.3 is 4.90 Å². The number of hydrogen-bond donors (Lipinski definition) is 0. The van der Waals surface area contributed by atoms with Gasteiger partial charge in [0, 0.05) is 37.7 Å². The number of nitro groups is 1. The van der Waals surface area contributed by atoms with Crippen molar-refractivity contribution in [2.75, 3.05) is 31.1 Å². The number of pyridine rings is 1. The Hall–Kier alpha value is -3.29. The first kappa shape index (κ1) is 19.5. The van der Waals surface area contributed by atoms with E-state index in [9.17, 15) is 18.5 Å². The number of nitriles is 1. The van der Waals surface area contributed by atoms with Gasteiger partial charge in [0.1, 0.15) is 11.9 Å². The summed E-state index contributed by atoms with van der Waals surface area (Å²) in [7, 11) is -3.55. The highest BCUT2D eigenvalue weighted by molar-refractivity contribution is 7.92. The van der Waals surface area contributed by atoms with Crippen LogP contribution >= 0.6 is 0 Å². The number of benzene rings is 1. The van der Waals surface area contributed by atoms with E-state index in [0.717, 1.165) is 5.56 Å². The molecule has 9 nitrogen and oxygen atoms in total. The number of piperazine rings is 1. The molecular weight excluding hydrogens is 382 g/mol. The fourth-order valence-electron chi connectivity index (χ4n) is 2.83. The SMILES string of the molecule is N#Cc1nc(N2CCN(S(=O)(=O)/C=C/c3ccccc3)CC2)ccc1[N+](=O)[O-]. The lowest BCUT2D eigenvalue weighted by molar-refractivity contribution is -0.385. The van der Waals surface area contributed by atoms with Crippen molar-refractivity contribution < 1.29 is 13.3 Å². The average Bonchev–Trinajstić information content (AvgIpc) is 2.72. The monoisotopic (exact) mass is 399 g/mol. The van der Waals surface area contributed by atoms with E-state index in [0.29, 0.717) is 18.9 Å². The van der Waals surface area contributed by atoms with E-state index in [2.05, 4.69) is 4.98 Å². The molecule has 1 aromatic carbocycles. The van der Waals surface area contributed by atoms with Crippen LogP contribution in [0.2, 0.25) is 0 Å². The standard InChI is InChI=1S/C18H17N5O4S/c19-14-16-17(23(24)25)6-7-18(20-16)21-9-11-22(12-10-21)28(26,27)13-8-15-4-2-1-3-5-15/h1-8,13H,9-12H2/b13-8+. The lowest BCUT2D eigenvalue weighted by atomic mass is 10.2. The molecule has 10 heteroatoms. The highest BCUT2D eigenvalue weighted by Gasteiger charge is 2.26. The Morgan fingerprint density at radius 2 is 1.79 bits per heavy atom. The molecular formula is C18H17N5O4S. The summed E-state index contributed by atoms with van der Waals surface area (Å²) >= 11 is 0. The highest BCUT2D eigenvalue weighted by Crippen LogP contribution is 2.22. The topological polar surface area (TPSA) is 120 Å². The van der Waals surface area contributed by atoms with Gasteiger partial charge in [-0.3, -0.25) is 10.1 Å². The maximum atomic E-state index is 12.5. The first-order valence-corrected chi connectivity index (χ1v) is 9.95. The zero-order valence-corrected chi connectivity index (χ0v) is 15.6. The summed E-state index contributed by atoms with van der Waals surface area (Å²) in [6.45, 7) is 1.24. The molecule has 0 aliphatic carbocycles. The number of anilines is 1. The number of hydrogen-bond acceptors (Lipinski definition) is 7. The third-order valence-corrected chi connectivity index (χ3v) is 5.88. The van der Waals surface area contributed by atoms with Gasteiger partial charge in [-0.15, -0.1) is 0 Å². The van der Waals surface area contributed by atoms with Gasteiger partial charge >= 0.3 is 5.69 Å². The molecule has 0 saturated carbocycles. The van der Waals surface area contributed by atoms with Gasteiger partial charge in [0.15, 0.2) is 0 Å². The van der Waals surface area contributed by atoms with Gasteiger partial charge in [0.05, 0.1) is 4.92 Å². The molecule has 0 spiro atoms. The van der Waals surface area contributed by atoms with Crippen LogP contribution in [-0.4, -0.2) is 48.8 Å². The maximum absolute atomic E-state index is 12.5. The van der Waals surface area contributed by atoms with Crippen LogP contribution in [0.25, 0.3) is 6.08 Å². The number of sulfonamides is 1. The van der Waals surface area contributed by atoms with Crippen molar-refractivity contribution in [3.8, 4) is 6.07 Å². The van der Waals surface area contributed by atoms with Crippen LogP contribution in [-0.2, 0) is 10.0 Å². The van der Waals surface area contributed by atoms with Gasteiger partial charge in [0.2, 0.25) is 15.7 Å². The molecule has 2 aromatic rings. The quantitative estimate of drug-likeness (QED) is 0.557. The van der Waals surface area contributed by atoms with Crippen LogP contribution in [0.1, 0.15) is 11.3 Å². The fraction of sp³-hybridized carbons (Fsp3) is 0.222. The summed E-state index contributed by atoms with van der Waals surface area (Å²) in [5, 5.41) is 21.2. The molecule has 0 amide bonds. The van der Waals surface area contributed by atoms with E-state index in [1.807, 2.05) is 30.3 Å². The van der Waals surface area contributed by atoms with Crippen LogP contribution in [0.5, 0.6) is 0 Å². The van der Waals surface area contributed by atoms with Crippen molar-refractivity contribution >= 4 is 27.6 Å². The second-order valence-electron chi connectivity index (χ2n) is 6.05. The molecule has 1 aliphatic heterocycles. The van der Waals surface area contributed by atoms with Gasteiger partial charge in [-0.25, -0.2) is 13.4 Å². The van der Waals surface area contributed by atoms with Gasteiger partial charge in [-0.05, 0) is 17.7 Å². The van der Waals surface area contributed by atoms with Crippen LogP contribution in [0.4, 0.5) is 11.5 Å². The summed E-state index contributed by atoms with van der Waals surface area (Å²) in [6, 6.07) is 13.6. The molecule has 1 aromatic heterocycles. The Morgan fingerprint density at radius 3 is 2.39 bits per heavy atom. The fourth-order valence-corrected chi connectivity index (χ4v) is 4.01.